The summed E-state index contributed by atoms with van der Waals surface area (Å²) in [5.74, 6) is -0.0375. The van der Waals surface area contributed by atoms with E-state index in [0.29, 0.717) is 17.8 Å². The molecule has 1 aliphatic rings. The van der Waals surface area contributed by atoms with Crippen LogP contribution >= 0.6 is 0 Å². The molecule has 0 unspecified atom stereocenters. The highest BCUT2D eigenvalue weighted by atomic mass is 32.2. The van der Waals surface area contributed by atoms with Crippen LogP contribution in [0.4, 0.5) is 11.4 Å². The van der Waals surface area contributed by atoms with Gasteiger partial charge in [0.05, 0.1) is 18.5 Å². The van der Waals surface area contributed by atoms with Gasteiger partial charge in [-0.1, -0.05) is 48.5 Å². The largest absolute Gasteiger partial charge is 0.308 e. The molecule has 0 atom stereocenters. The Hall–Kier alpha value is -3.12. The molecule has 0 saturated carbocycles. The summed E-state index contributed by atoms with van der Waals surface area (Å²) in [6.07, 6.45) is 2.06. The molecule has 148 valence electrons. The minimum atomic E-state index is -3.43. The van der Waals surface area contributed by atoms with Gasteiger partial charge in [0.25, 0.3) is 5.91 Å². The molecule has 0 radical (unpaired) electrons. The standard InChI is InChI=1S/C23H22N2O3S/c1-29(27,28)25(21-8-3-2-4-9-21)17-18-11-13-20(14-12-18)23(26)24-16-15-19-7-5-6-10-22(19)24/h2-14H,15-17H2,1H3. The van der Waals surface area contributed by atoms with Crippen LogP contribution in [0.3, 0.4) is 0 Å². The third kappa shape index (κ3) is 4.03. The van der Waals surface area contributed by atoms with E-state index in [9.17, 15) is 13.2 Å². The zero-order chi connectivity index (χ0) is 20.4. The smallest absolute Gasteiger partial charge is 0.258 e. The van der Waals surface area contributed by atoms with Gasteiger partial charge in [0.2, 0.25) is 10.0 Å². The Morgan fingerprint density at radius 1 is 0.931 bits per heavy atom. The van der Waals surface area contributed by atoms with Crippen LogP contribution in [-0.4, -0.2) is 27.1 Å². The average Bonchev–Trinajstić information content (AvgIpc) is 3.16. The molecular weight excluding hydrogens is 384 g/mol. The lowest BCUT2D eigenvalue weighted by molar-refractivity contribution is 0.0989. The van der Waals surface area contributed by atoms with Gasteiger partial charge >= 0.3 is 0 Å². The van der Waals surface area contributed by atoms with Crippen molar-refractivity contribution in [1.82, 2.24) is 0 Å². The van der Waals surface area contributed by atoms with Crippen LogP contribution in [0.25, 0.3) is 0 Å². The predicted molar refractivity (Wildman–Crippen MR) is 116 cm³/mol. The molecule has 0 N–H and O–H groups in total. The van der Waals surface area contributed by atoms with Gasteiger partial charge in [0.1, 0.15) is 0 Å². The second-order valence-corrected chi connectivity index (χ2v) is 9.04. The van der Waals surface area contributed by atoms with E-state index >= 15 is 0 Å². The quantitative estimate of drug-likeness (QED) is 0.647. The fourth-order valence-electron chi connectivity index (χ4n) is 3.62. The van der Waals surface area contributed by atoms with Gasteiger partial charge in [-0.05, 0) is 47.9 Å². The first-order valence-electron chi connectivity index (χ1n) is 9.45. The molecule has 3 aromatic carbocycles. The molecular formula is C23H22N2O3S. The minimum Gasteiger partial charge on any atom is -0.308 e. The maximum absolute atomic E-state index is 12.9. The molecule has 3 aromatic rings. The average molecular weight is 407 g/mol. The van der Waals surface area contributed by atoms with Crippen LogP contribution in [0.5, 0.6) is 0 Å². The first kappa shape index (κ1) is 19.2. The Kier molecular flexibility index (Phi) is 5.11. The van der Waals surface area contributed by atoms with Gasteiger partial charge in [0, 0.05) is 17.8 Å². The lowest BCUT2D eigenvalue weighted by Crippen LogP contribution is -2.30. The summed E-state index contributed by atoms with van der Waals surface area (Å²) in [7, 11) is -3.43. The van der Waals surface area contributed by atoms with E-state index in [1.54, 1.807) is 29.2 Å². The van der Waals surface area contributed by atoms with Crippen LogP contribution < -0.4 is 9.21 Å². The van der Waals surface area contributed by atoms with Gasteiger partial charge < -0.3 is 4.90 Å². The SMILES string of the molecule is CS(=O)(=O)N(Cc1ccc(C(=O)N2CCc3ccccc32)cc1)c1ccccc1. The van der Waals surface area contributed by atoms with Gasteiger partial charge in [-0.2, -0.15) is 0 Å². The van der Waals surface area contributed by atoms with Crippen molar-refractivity contribution in [3.8, 4) is 0 Å². The van der Waals surface area contributed by atoms with Crippen molar-refractivity contribution in [3.63, 3.8) is 0 Å². The van der Waals surface area contributed by atoms with Crippen molar-refractivity contribution in [2.45, 2.75) is 13.0 Å². The van der Waals surface area contributed by atoms with Crippen molar-refractivity contribution in [2.75, 3.05) is 22.0 Å². The molecule has 0 aromatic heterocycles. The summed E-state index contributed by atoms with van der Waals surface area (Å²) >= 11 is 0. The Morgan fingerprint density at radius 2 is 1.59 bits per heavy atom. The normalized spacial score (nSPS) is 13.2. The number of anilines is 2. The van der Waals surface area contributed by atoms with E-state index in [0.717, 1.165) is 17.7 Å². The Balaban J connectivity index is 1.54. The maximum atomic E-state index is 12.9. The summed E-state index contributed by atoms with van der Waals surface area (Å²) in [4.78, 5) is 14.7. The van der Waals surface area contributed by atoms with E-state index in [1.165, 1.54) is 16.1 Å². The van der Waals surface area contributed by atoms with E-state index in [2.05, 4.69) is 6.07 Å². The van der Waals surface area contributed by atoms with Crippen LogP contribution in [0, 0.1) is 0 Å². The Morgan fingerprint density at radius 3 is 2.28 bits per heavy atom. The van der Waals surface area contributed by atoms with Crippen LogP contribution in [-0.2, 0) is 23.0 Å². The summed E-state index contributed by atoms with van der Waals surface area (Å²) < 4.78 is 25.9. The molecule has 5 nitrogen and oxygen atoms in total. The monoisotopic (exact) mass is 406 g/mol. The number of hydrogen-bond donors (Lipinski definition) is 0. The molecule has 0 saturated heterocycles. The topological polar surface area (TPSA) is 57.7 Å². The van der Waals surface area contributed by atoms with Gasteiger partial charge in [-0.15, -0.1) is 0 Å². The number of benzene rings is 3. The fraction of sp³-hybridized carbons (Fsp3) is 0.174. The Labute approximate surface area is 171 Å². The highest BCUT2D eigenvalue weighted by Gasteiger charge is 2.25. The maximum Gasteiger partial charge on any atom is 0.258 e. The number of rotatable bonds is 5. The lowest BCUT2D eigenvalue weighted by atomic mass is 10.1. The van der Waals surface area contributed by atoms with Crippen molar-refractivity contribution in [2.24, 2.45) is 0 Å². The highest BCUT2D eigenvalue weighted by molar-refractivity contribution is 7.92. The van der Waals surface area contributed by atoms with E-state index < -0.39 is 10.0 Å². The summed E-state index contributed by atoms with van der Waals surface area (Å²) in [5, 5.41) is 0. The van der Waals surface area contributed by atoms with E-state index in [1.807, 2.05) is 48.5 Å². The number of fused-ring (bicyclic) bond motifs is 1. The number of carbonyl (C=O) groups is 1. The number of sulfonamides is 1. The van der Waals surface area contributed by atoms with Crippen LogP contribution in [0.15, 0.2) is 78.9 Å². The first-order chi connectivity index (χ1) is 13.9. The zero-order valence-electron chi connectivity index (χ0n) is 16.2. The van der Waals surface area contributed by atoms with Crippen LogP contribution in [0.1, 0.15) is 21.5 Å². The molecule has 4 rings (SSSR count). The molecule has 1 aliphatic heterocycles. The molecule has 0 fully saturated rings. The third-order valence-corrected chi connectivity index (χ3v) is 6.24. The molecule has 1 amide bonds. The molecule has 29 heavy (non-hydrogen) atoms. The summed E-state index contributed by atoms with van der Waals surface area (Å²) in [6.45, 7) is 0.889. The molecule has 0 aliphatic carbocycles. The fourth-order valence-corrected chi connectivity index (χ4v) is 4.51. The number of para-hydroxylation sites is 2. The molecule has 1 heterocycles. The van der Waals surface area contributed by atoms with Crippen molar-refractivity contribution in [1.29, 1.82) is 0 Å². The zero-order valence-corrected chi connectivity index (χ0v) is 17.0. The second-order valence-electron chi connectivity index (χ2n) is 7.14. The molecule has 0 spiro atoms. The van der Waals surface area contributed by atoms with Crippen molar-refractivity contribution >= 4 is 27.3 Å². The number of hydrogen-bond acceptors (Lipinski definition) is 3. The number of carbonyl (C=O) groups excluding carboxylic acids is 1. The lowest BCUT2D eigenvalue weighted by Gasteiger charge is -2.23. The van der Waals surface area contributed by atoms with Gasteiger partial charge in [-0.3, -0.25) is 9.10 Å². The van der Waals surface area contributed by atoms with Crippen molar-refractivity contribution < 1.29 is 13.2 Å². The van der Waals surface area contributed by atoms with Gasteiger partial charge in [-0.25, -0.2) is 8.42 Å². The van der Waals surface area contributed by atoms with E-state index in [4.69, 9.17) is 0 Å². The van der Waals surface area contributed by atoms with Gasteiger partial charge in [0.15, 0.2) is 0 Å². The van der Waals surface area contributed by atoms with Crippen molar-refractivity contribution in [3.05, 3.63) is 95.6 Å². The minimum absolute atomic E-state index is 0.0375. The van der Waals surface area contributed by atoms with Crippen LogP contribution in [0.2, 0.25) is 0 Å². The number of amides is 1. The molecule has 6 heteroatoms. The predicted octanol–water partition coefficient (Wildman–Crippen LogP) is 3.86. The summed E-state index contributed by atoms with van der Waals surface area (Å²) in [6, 6.07) is 24.1. The summed E-state index contributed by atoms with van der Waals surface area (Å²) in [5.41, 5.74) is 4.18. The van der Waals surface area contributed by atoms with E-state index in [-0.39, 0.29) is 12.5 Å². The molecule has 0 bridgehead atoms. The first-order valence-corrected chi connectivity index (χ1v) is 11.3. The number of nitrogens with zero attached hydrogens (tertiary/aromatic N) is 2. The second kappa shape index (κ2) is 7.72. The highest BCUT2D eigenvalue weighted by Crippen LogP contribution is 2.29. The Bertz CT molecular complexity index is 1130. The third-order valence-electron chi connectivity index (χ3n) is 5.10.